The Hall–Kier alpha value is -4.23. The van der Waals surface area contributed by atoms with E-state index in [1.54, 1.807) is 40.5 Å². The number of rotatable bonds is 14. The number of ketones is 1. The topological polar surface area (TPSA) is 75.7 Å². The lowest BCUT2D eigenvalue weighted by molar-refractivity contribution is -0.141. The van der Waals surface area contributed by atoms with Crippen LogP contribution in [-0.2, 0) is 27.3 Å². The van der Waals surface area contributed by atoms with Gasteiger partial charge < -0.3 is 15.0 Å². The normalized spacial score (nSPS) is 11.5. The molecule has 42 heavy (non-hydrogen) atoms. The first-order valence-corrected chi connectivity index (χ1v) is 15.2. The van der Waals surface area contributed by atoms with E-state index in [4.69, 9.17) is 4.74 Å². The van der Waals surface area contributed by atoms with Crippen LogP contribution in [0.15, 0.2) is 90.3 Å². The standard InChI is InChI=1S/C35H38N2O4S/c1-4-5-7-16-33(38)37(2)23-29-22-28(24-42-29)26-19-17-25(18-20-26)21-32(35(40)41-3)36-31-15-11-10-14-30(31)34(39)27-12-8-6-9-13-27/h6,8-15,17-20,22,24,32,36H,4-5,7,16,21,23H2,1-3H3. The fourth-order valence-electron chi connectivity index (χ4n) is 4.80. The van der Waals surface area contributed by atoms with Gasteiger partial charge in [-0.05, 0) is 46.7 Å². The number of nitrogens with zero attached hydrogens (tertiary/aromatic N) is 1. The van der Waals surface area contributed by atoms with Crippen LogP contribution in [0.25, 0.3) is 11.1 Å². The largest absolute Gasteiger partial charge is 0.467 e. The highest BCUT2D eigenvalue weighted by atomic mass is 32.1. The third-order valence-corrected chi connectivity index (χ3v) is 8.14. The van der Waals surface area contributed by atoms with E-state index in [1.807, 2.05) is 61.6 Å². The molecule has 7 heteroatoms. The number of thiophene rings is 1. The van der Waals surface area contributed by atoms with E-state index in [0.717, 1.165) is 40.8 Å². The van der Waals surface area contributed by atoms with Crippen LogP contribution in [0, 0.1) is 0 Å². The van der Waals surface area contributed by atoms with Gasteiger partial charge in [-0.3, -0.25) is 9.59 Å². The minimum Gasteiger partial charge on any atom is -0.467 e. The van der Waals surface area contributed by atoms with Crippen molar-refractivity contribution in [2.45, 2.75) is 51.6 Å². The van der Waals surface area contributed by atoms with Gasteiger partial charge in [-0.2, -0.15) is 0 Å². The summed E-state index contributed by atoms with van der Waals surface area (Å²) in [4.78, 5) is 41.3. The lowest BCUT2D eigenvalue weighted by atomic mass is 9.99. The van der Waals surface area contributed by atoms with Crippen LogP contribution < -0.4 is 5.32 Å². The second-order valence-electron chi connectivity index (χ2n) is 10.4. The average molecular weight is 583 g/mol. The van der Waals surface area contributed by atoms with E-state index in [1.165, 1.54) is 7.11 Å². The molecule has 1 heterocycles. The minimum atomic E-state index is -0.677. The fourth-order valence-corrected chi connectivity index (χ4v) is 5.74. The zero-order valence-corrected chi connectivity index (χ0v) is 25.3. The zero-order chi connectivity index (χ0) is 29.9. The number of amides is 1. The van der Waals surface area contributed by atoms with Crippen LogP contribution in [-0.4, -0.2) is 42.8 Å². The number of unbranched alkanes of at least 4 members (excludes halogenated alkanes) is 2. The van der Waals surface area contributed by atoms with Gasteiger partial charge in [-0.1, -0.05) is 86.5 Å². The molecule has 0 spiro atoms. The highest BCUT2D eigenvalue weighted by molar-refractivity contribution is 7.10. The Bertz CT molecular complexity index is 1480. The second kappa shape index (κ2) is 15.1. The Morgan fingerprint density at radius 1 is 0.905 bits per heavy atom. The van der Waals surface area contributed by atoms with E-state index >= 15 is 0 Å². The first-order valence-electron chi connectivity index (χ1n) is 14.3. The van der Waals surface area contributed by atoms with Crippen LogP contribution in [0.3, 0.4) is 0 Å². The molecular formula is C35H38N2O4S. The average Bonchev–Trinajstić information content (AvgIpc) is 3.49. The van der Waals surface area contributed by atoms with Crippen LogP contribution >= 0.6 is 11.3 Å². The molecule has 0 aliphatic rings. The summed E-state index contributed by atoms with van der Waals surface area (Å²) >= 11 is 1.65. The molecule has 0 aliphatic carbocycles. The third kappa shape index (κ3) is 8.17. The molecule has 0 bridgehead atoms. The number of esters is 1. The van der Waals surface area contributed by atoms with Gasteiger partial charge in [0, 0.05) is 41.6 Å². The third-order valence-electron chi connectivity index (χ3n) is 7.22. The molecule has 4 rings (SSSR count). The van der Waals surface area contributed by atoms with Gasteiger partial charge in [0.05, 0.1) is 13.7 Å². The molecule has 1 amide bonds. The molecule has 0 saturated carbocycles. The molecule has 1 unspecified atom stereocenters. The number of nitrogens with one attached hydrogen (secondary N) is 1. The Kier molecular flexibility index (Phi) is 11.1. The molecule has 3 aromatic carbocycles. The van der Waals surface area contributed by atoms with E-state index in [0.29, 0.717) is 36.2 Å². The lowest BCUT2D eigenvalue weighted by Gasteiger charge is -2.20. The molecule has 1 atom stereocenters. The van der Waals surface area contributed by atoms with Crippen molar-refractivity contribution in [3.8, 4) is 11.1 Å². The van der Waals surface area contributed by atoms with Gasteiger partial charge in [0.25, 0.3) is 0 Å². The van der Waals surface area contributed by atoms with Gasteiger partial charge in [0.15, 0.2) is 5.78 Å². The maximum absolute atomic E-state index is 13.2. The number of carbonyl (C=O) groups excluding carboxylic acids is 3. The maximum atomic E-state index is 13.2. The molecule has 1 N–H and O–H groups in total. The molecule has 1 aromatic heterocycles. The smallest absolute Gasteiger partial charge is 0.328 e. The first-order chi connectivity index (χ1) is 20.4. The summed E-state index contributed by atoms with van der Waals surface area (Å²) < 4.78 is 5.10. The molecule has 0 fully saturated rings. The van der Waals surface area contributed by atoms with Crippen molar-refractivity contribution in [1.82, 2.24) is 4.90 Å². The number of hydrogen-bond acceptors (Lipinski definition) is 6. The number of methoxy groups -OCH3 is 1. The molecule has 0 aliphatic heterocycles. The van der Waals surface area contributed by atoms with Gasteiger partial charge in [-0.15, -0.1) is 11.3 Å². The van der Waals surface area contributed by atoms with Crippen LogP contribution in [0.4, 0.5) is 5.69 Å². The molecule has 4 aromatic rings. The van der Waals surface area contributed by atoms with E-state index in [2.05, 4.69) is 23.7 Å². The second-order valence-corrected chi connectivity index (χ2v) is 11.4. The van der Waals surface area contributed by atoms with Gasteiger partial charge in [-0.25, -0.2) is 4.79 Å². The summed E-state index contributed by atoms with van der Waals surface area (Å²) in [5.41, 5.74) is 4.79. The number of carbonyl (C=O) groups is 3. The first kappa shape index (κ1) is 30.7. The van der Waals surface area contributed by atoms with Crippen molar-refractivity contribution in [1.29, 1.82) is 0 Å². The highest BCUT2D eigenvalue weighted by Gasteiger charge is 2.23. The number of ether oxygens (including phenoxy) is 1. The molecule has 0 saturated heterocycles. The number of para-hydroxylation sites is 1. The van der Waals surface area contributed by atoms with Crippen LogP contribution in [0.5, 0.6) is 0 Å². The lowest BCUT2D eigenvalue weighted by Crippen LogP contribution is -2.33. The predicted molar refractivity (Wildman–Crippen MR) is 170 cm³/mol. The van der Waals surface area contributed by atoms with E-state index < -0.39 is 12.0 Å². The van der Waals surface area contributed by atoms with Gasteiger partial charge in [0.1, 0.15) is 6.04 Å². The Balaban J connectivity index is 1.43. The Morgan fingerprint density at radius 3 is 2.33 bits per heavy atom. The van der Waals surface area contributed by atoms with Crippen molar-refractivity contribution in [2.24, 2.45) is 0 Å². The minimum absolute atomic E-state index is 0.117. The zero-order valence-electron chi connectivity index (χ0n) is 24.5. The van der Waals surface area contributed by atoms with Crippen molar-refractivity contribution in [2.75, 3.05) is 19.5 Å². The van der Waals surface area contributed by atoms with Crippen LogP contribution in [0.1, 0.15) is 59.0 Å². The van der Waals surface area contributed by atoms with E-state index in [-0.39, 0.29) is 11.7 Å². The summed E-state index contributed by atoms with van der Waals surface area (Å²) in [6, 6.07) is 25.9. The van der Waals surface area contributed by atoms with Crippen LogP contribution in [0.2, 0.25) is 0 Å². The van der Waals surface area contributed by atoms with Crippen molar-refractivity contribution in [3.63, 3.8) is 0 Å². The number of benzene rings is 3. The summed E-state index contributed by atoms with van der Waals surface area (Å²) in [6.45, 7) is 2.74. The number of anilines is 1. The SMILES string of the molecule is CCCCCC(=O)N(C)Cc1cc(-c2ccc(CC(Nc3ccccc3C(=O)c3ccccc3)C(=O)OC)cc2)cs1. The molecule has 218 valence electrons. The summed E-state index contributed by atoms with van der Waals surface area (Å²) in [5, 5.41) is 5.37. The van der Waals surface area contributed by atoms with Gasteiger partial charge in [0.2, 0.25) is 5.91 Å². The van der Waals surface area contributed by atoms with Crippen molar-refractivity contribution >= 4 is 34.7 Å². The van der Waals surface area contributed by atoms with Crippen molar-refractivity contribution < 1.29 is 19.1 Å². The summed E-state index contributed by atoms with van der Waals surface area (Å²) in [7, 11) is 3.23. The fraction of sp³-hybridized carbons (Fsp3) is 0.286. The van der Waals surface area contributed by atoms with Crippen molar-refractivity contribution in [3.05, 3.63) is 112 Å². The maximum Gasteiger partial charge on any atom is 0.328 e. The molecular weight excluding hydrogens is 544 g/mol. The van der Waals surface area contributed by atoms with E-state index in [9.17, 15) is 14.4 Å². The summed E-state index contributed by atoms with van der Waals surface area (Å²) in [6.07, 6.45) is 4.11. The monoisotopic (exact) mass is 582 g/mol. The quantitative estimate of drug-likeness (QED) is 0.0954. The summed E-state index contributed by atoms with van der Waals surface area (Å²) in [5.74, 6) is -0.339. The Labute approximate surface area is 252 Å². The highest BCUT2D eigenvalue weighted by Crippen LogP contribution is 2.28. The molecule has 0 radical (unpaired) electrons. The van der Waals surface area contributed by atoms with Gasteiger partial charge >= 0.3 is 5.97 Å². The Morgan fingerprint density at radius 2 is 1.62 bits per heavy atom. The predicted octanol–water partition coefficient (Wildman–Crippen LogP) is 7.38. The number of hydrogen-bond donors (Lipinski definition) is 1. The molecule has 6 nitrogen and oxygen atoms in total.